The van der Waals surface area contributed by atoms with Gasteiger partial charge in [-0.25, -0.2) is 0 Å². The minimum Gasteiger partial charge on any atom is -0.396 e. The molecule has 0 spiro atoms. The van der Waals surface area contributed by atoms with Crippen molar-refractivity contribution in [1.82, 2.24) is 5.32 Å². The Morgan fingerprint density at radius 1 is 1.37 bits per heavy atom. The first kappa shape index (κ1) is 12.6. The van der Waals surface area contributed by atoms with Crippen molar-refractivity contribution in [2.24, 2.45) is 5.41 Å². The molecule has 3 nitrogen and oxygen atoms in total. The number of hydrogen-bond acceptors (Lipinski definition) is 3. The van der Waals surface area contributed by atoms with Crippen molar-refractivity contribution in [3.63, 3.8) is 0 Å². The van der Waals surface area contributed by atoms with Gasteiger partial charge in [0.1, 0.15) is 0 Å². The number of benzene rings is 1. The van der Waals surface area contributed by atoms with Crippen LogP contribution < -0.4 is 5.32 Å². The number of carbonyl (C=O) groups excluding carboxylic acids is 1. The first-order valence-corrected chi connectivity index (χ1v) is 7.47. The van der Waals surface area contributed by atoms with Gasteiger partial charge in [0.05, 0.1) is 5.56 Å². The summed E-state index contributed by atoms with van der Waals surface area (Å²) in [6.07, 6.45) is 3.01. The summed E-state index contributed by atoms with van der Waals surface area (Å²) in [5.41, 5.74) is 0.927. The highest BCUT2D eigenvalue weighted by molar-refractivity contribution is 7.17. The van der Waals surface area contributed by atoms with Crippen molar-refractivity contribution in [2.45, 2.75) is 19.3 Å². The van der Waals surface area contributed by atoms with Crippen LogP contribution in [0.15, 0.2) is 29.6 Å². The zero-order chi connectivity index (χ0) is 13.3. The molecule has 3 rings (SSSR count). The molecule has 1 heterocycles. The summed E-state index contributed by atoms with van der Waals surface area (Å²) in [6, 6.07) is 7.97. The van der Waals surface area contributed by atoms with E-state index in [-0.39, 0.29) is 17.9 Å². The number of carbonyl (C=O) groups is 1. The van der Waals surface area contributed by atoms with Crippen molar-refractivity contribution >= 4 is 27.3 Å². The van der Waals surface area contributed by atoms with E-state index in [1.54, 1.807) is 11.3 Å². The van der Waals surface area contributed by atoms with Gasteiger partial charge in [-0.3, -0.25) is 4.79 Å². The quantitative estimate of drug-likeness (QED) is 0.881. The molecular weight excluding hydrogens is 258 g/mol. The van der Waals surface area contributed by atoms with E-state index in [4.69, 9.17) is 5.11 Å². The summed E-state index contributed by atoms with van der Waals surface area (Å²) in [5.74, 6) is 0.00154. The molecule has 1 aromatic heterocycles. The third-order valence-electron chi connectivity index (χ3n) is 3.95. The van der Waals surface area contributed by atoms with Crippen LogP contribution in [0.2, 0.25) is 0 Å². The highest BCUT2D eigenvalue weighted by Crippen LogP contribution is 2.47. The maximum absolute atomic E-state index is 12.2. The number of rotatable bonds is 5. The Labute approximate surface area is 116 Å². The molecule has 2 aromatic rings. The normalized spacial score (nSPS) is 16.5. The molecule has 4 heteroatoms. The molecule has 1 aliphatic carbocycles. The molecule has 1 aliphatic rings. The van der Waals surface area contributed by atoms with Crippen molar-refractivity contribution in [3.8, 4) is 0 Å². The minimum absolute atomic E-state index is 0.00154. The molecule has 0 atom stereocenters. The Hall–Kier alpha value is -1.39. The number of thiophene rings is 1. The Kier molecular flexibility index (Phi) is 3.29. The molecule has 0 radical (unpaired) electrons. The summed E-state index contributed by atoms with van der Waals surface area (Å²) in [5, 5.41) is 15.0. The third-order valence-corrected chi connectivity index (χ3v) is 4.91. The Bertz CT molecular complexity index is 601. The second kappa shape index (κ2) is 4.94. The van der Waals surface area contributed by atoms with Crippen LogP contribution in [0.25, 0.3) is 10.1 Å². The van der Waals surface area contributed by atoms with E-state index in [1.807, 2.05) is 29.6 Å². The topological polar surface area (TPSA) is 49.3 Å². The summed E-state index contributed by atoms with van der Waals surface area (Å²) in [7, 11) is 0. The molecule has 0 aliphatic heterocycles. The lowest BCUT2D eigenvalue weighted by molar-refractivity contribution is 0.0943. The van der Waals surface area contributed by atoms with Gasteiger partial charge in [0.25, 0.3) is 5.91 Å². The lowest BCUT2D eigenvalue weighted by Crippen LogP contribution is -2.30. The van der Waals surface area contributed by atoms with E-state index >= 15 is 0 Å². The lowest BCUT2D eigenvalue weighted by Gasteiger charge is -2.14. The van der Waals surface area contributed by atoms with Gasteiger partial charge >= 0.3 is 0 Å². The van der Waals surface area contributed by atoms with E-state index in [0.717, 1.165) is 34.9 Å². The summed E-state index contributed by atoms with van der Waals surface area (Å²) in [6.45, 7) is 0.883. The van der Waals surface area contributed by atoms with E-state index in [1.165, 1.54) is 0 Å². The van der Waals surface area contributed by atoms with Crippen LogP contribution in [0.1, 0.15) is 29.6 Å². The molecule has 1 aromatic carbocycles. The van der Waals surface area contributed by atoms with Gasteiger partial charge in [0.2, 0.25) is 0 Å². The van der Waals surface area contributed by atoms with Crippen molar-refractivity contribution in [2.75, 3.05) is 13.2 Å². The molecule has 1 fully saturated rings. The fraction of sp³-hybridized carbons (Fsp3) is 0.400. The van der Waals surface area contributed by atoms with E-state index in [0.29, 0.717) is 6.54 Å². The molecular formula is C15H17NO2S. The minimum atomic E-state index is 0.00154. The van der Waals surface area contributed by atoms with Crippen molar-refractivity contribution in [3.05, 3.63) is 35.2 Å². The number of nitrogens with one attached hydrogen (secondary N) is 1. The summed E-state index contributed by atoms with van der Waals surface area (Å²) >= 11 is 1.60. The largest absolute Gasteiger partial charge is 0.396 e. The zero-order valence-electron chi connectivity index (χ0n) is 10.7. The molecule has 1 saturated carbocycles. The monoisotopic (exact) mass is 275 g/mol. The van der Waals surface area contributed by atoms with Gasteiger partial charge < -0.3 is 10.4 Å². The van der Waals surface area contributed by atoms with Crippen molar-refractivity contribution in [1.29, 1.82) is 0 Å². The highest BCUT2D eigenvalue weighted by atomic mass is 32.1. The summed E-state index contributed by atoms with van der Waals surface area (Å²) in [4.78, 5) is 12.2. The number of hydrogen-bond donors (Lipinski definition) is 2. The van der Waals surface area contributed by atoms with E-state index in [2.05, 4.69) is 5.32 Å². The number of aliphatic hydroxyl groups is 1. The second-order valence-electron chi connectivity index (χ2n) is 5.30. The highest BCUT2D eigenvalue weighted by Gasteiger charge is 2.41. The van der Waals surface area contributed by atoms with Crippen LogP contribution >= 0.6 is 11.3 Å². The second-order valence-corrected chi connectivity index (χ2v) is 6.21. The van der Waals surface area contributed by atoms with Crippen LogP contribution in [0, 0.1) is 5.41 Å². The number of fused-ring (bicyclic) bond motifs is 1. The van der Waals surface area contributed by atoms with Gasteiger partial charge in [-0.2, -0.15) is 0 Å². The average Bonchev–Trinajstić information content (AvgIpc) is 3.05. The first-order chi connectivity index (χ1) is 9.24. The third kappa shape index (κ3) is 2.51. The molecule has 0 bridgehead atoms. The molecule has 100 valence electrons. The van der Waals surface area contributed by atoms with Gasteiger partial charge in [-0.1, -0.05) is 18.2 Å². The Balaban J connectivity index is 1.71. The van der Waals surface area contributed by atoms with E-state index in [9.17, 15) is 4.79 Å². The summed E-state index contributed by atoms with van der Waals surface area (Å²) < 4.78 is 1.14. The van der Waals surface area contributed by atoms with Crippen LogP contribution in [0.3, 0.4) is 0 Å². The maximum atomic E-state index is 12.2. The van der Waals surface area contributed by atoms with Gasteiger partial charge in [0, 0.05) is 28.6 Å². The predicted molar refractivity (Wildman–Crippen MR) is 77.5 cm³/mol. The lowest BCUT2D eigenvalue weighted by atomic mass is 10.0. The predicted octanol–water partition coefficient (Wildman–Crippen LogP) is 2.79. The fourth-order valence-corrected chi connectivity index (χ4v) is 3.39. The zero-order valence-corrected chi connectivity index (χ0v) is 11.5. The number of aliphatic hydroxyl groups excluding tert-OH is 1. The van der Waals surface area contributed by atoms with Crippen LogP contribution in [-0.2, 0) is 0 Å². The van der Waals surface area contributed by atoms with Gasteiger partial charge in [0.15, 0.2) is 0 Å². The molecule has 19 heavy (non-hydrogen) atoms. The van der Waals surface area contributed by atoms with Crippen LogP contribution in [0.5, 0.6) is 0 Å². The molecule has 2 N–H and O–H groups in total. The average molecular weight is 275 g/mol. The molecule has 0 unspecified atom stereocenters. The first-order valence-electron chi connectivity index (χ1n) is 6.59. The van der Waals surface area contributed by atoms with Crippen LogP contribution in [-0.4, -0.2) is 24.2 Å². The molecule has 0 saturated heterocycles. The number of amides is 1. The van der Waals surface area contributed by atoms with E-state index < -0.39 is 0 Å². The standard InChI is InChI=1S/C15H17NO2S/c17-8-7-15(5-6-15)10-16-14(18)12-9-19-13-4-2-1-3-11(12)13/h1-4,9,17H,5-8,10H2,(H,16,18). The maximum Gasteiger partial charge on any atom is 0.252 e. The SMILES string of the molecule is O=C(NCC1(CCO)CC1)c1csc2ccccc12. The van der Waals surface area contributed by atoms with Crippen molar-refractivity contribution < 1.29 is 9.90 Å². The smallest absolute Gasteiger partial charge is 0.252 e. The fourth-order valence-electron chi connectivity index (χ4n) is 2.45. The Morgan fingerprint density at radius 2 is 2.16 bits per heavy atom. The Morgan fingerprint density at radius 3 is 2.89 bits per heavy atom. The molecule has 1 amide bonds. The van der Waals surface area contributed by atoms with Crippen LogP contribution in [0.4, 0.5) is 0 Å². The van der Waals surface area contributed by atoms with Gasteiger partial charge in [-0.15, -0.1) is 11.3 Å². The van der Waals surface area contributed by atoms with Gasteiger partial charge in [-0.05, 0) is 30.7 Å².